The van der Waals surface area contributed by atoms with Gasteiger partial charge in [0, 0.05) is 0 Å². The second-order valence-electron chi connectivity index (χ2n) is 0.569. The van der Waals surface area contributed by atoms with E-state index >= 15 is 0 Å². The normalized spacial score (nSPS) is 5.33. The van der Waals surface area contributed by atoms with E-state index in [0.717, 1.165) is 0 Å². The van der Waals surface area contributed by atoms with Crippen LogP contribution in [0.3, 0.4) is 0 Å². The van der Waals surface area contributed by atoms with Crippen LogP contribution >= 0.6 is 12.4 Å². The van der Waals surface area contributed by atoms with E-state index in [4.69, 9.17) is 0 Å². The van der Waals surface area contributed by atoms with Crippen LogP contribution in [-0.4, -0.2) is 12.6 Å². The Morgan fingerprint density at radius 2 is 1.50 bits per heavy atom. The molecule has 0 atom stereocenters. The SMILES string of the molecule is Cl.O=CCC=O. The topological polar surface area (TPSA) is 34.1 Å². The van der Waals surface area contributed by atoms with Crippen LogP contribution in [0.25, 0.3) is 0 Å². The summed E-state index contributed by atoms with van der Waals surface area (Å²) in [6.45, 7) is 0. The lowest BCUT2D eigenvalue weighted by Crippen LogP contribution is -1.69. The molecule has 0 saturated heterocycles. The average Bonchev–Trinajstić information content (AvgIpc) is 1.41. The number of carbonyl (C=O) groups excluding carboxylic acids is 2. The van der Waals surface area contributed by atoms with Gasteiger partial charge >= 0.3 is 0 Å². The van der Waals surface area contributed by atoms with Gasteiger partial charge in [0.25, 0.3) is 0 Å². The molecule has 0 aliphatic rings. The third-order valence-corrected chi connectivity index (χ3v) is 0.192. The van der Waals surface area contributed by atoms with Crippen molar-refractivity contribution in [1.29, 1.82) is 0 Å². The molecule has 0 fully saturated rings. The monoisotopic (exact) mass is 108 g/mol. The van der Waals surface area contributed by atoms with Gasteiger partial charge in [-0.3, -0.25) is 0 Å². The fourth-order valence-corrected chi connectivity index (χ4v) is 0.0393. The number of hydrogen-bond acceptors (Lipinski definition) is 2. The summed E-state index contributed by atoms with van der Waals surface area (Å²) in [5, 5.41) is 0. The van der Waals surface area contributed by atoms with Gasteiger partial charge in [0.05, 0.1) is 6.42 Å². The molecule has 0 radical (unpaired) electrons. The molecule has 0 rings (SSSR count). The van der Waals surface area contributed by atoms with E-state index in [1.165, 1.54) is 0 Å². The van der Waals surface area contributed by atoms with Crippen LogP contribution in [0.2, 0.25) is 0 Å². The summed E-state index contributed by atoms with van der Waals surface area (Å²) in [6, 6.07) is 0. The molecule has 3 heteroatoms. The zero-order valence-electron chi connectivity index (χ0n) is 3.09. The second-order valence-corrected chi connectivity index (χ2v) is 0.569. The van der Waals surface area contributed by atoms with Crippen LogP contribution in [0, 0.1) is 0 Å². The summed E-state index contributed by atoms with van der Waals surface area (Å²) >= 11 is 0. The van der Waals surface area contributed by atoms with Crippen LogP contribution < -0.4 is 0 Å². The zero-order valence-corrected chi connectivity index (χ0v) is 3.90. The standard InChI is InChI=1S/C3H4O2.ClH/c4-2-1-3-5;/h2-3H,1H2;1H. The first kappa shape index (κ1) is 9.16. The maximum absolute atomic E-state index is 9.17. The minimum Gasteiger partial charge on any atom is -0.303 e. The minimum absolute atomic E-state index is 0. The van der Waals surface area contributed by atoms with Gasteiger partial charge in [0.15, 0.2) is 0 Å². The maximum atomic E-state index is 9.17. The summed E-state index contributed by atoms with van der Waals surface area (Å²) in [5.74, 6) is 0. The van der Waals surface area contributed by atoms with E-state index in [0.29, 0.717) is 12.6 Å². The average molecular weight is 109 g/mol. The number of rotatable bonds is 2. The number of hydrogen-bond donors (Lipinski definition) is 0. The van der Waals surface area contributed by atoms with Crippen molar-refractivity contribution in [3.63, 3.8) is 0 Å². The van der Waals surface area contributed by atoms with E-state index in [1.807, 2.05) is 0 Å². The fraction of sp³-hybridized carbons (Fsp3) is 0.333. The summed E-state index contributed by atoms with van der Waals surface area (Å²) in [6.07, 6.45) is 1.15. The van der Waals surface area contributed by atoms with E-state index < -0.39 is 0 Å². The predicted octanol–water partition coefficient (Wildman–Crippen LogP) is 0.196. The van der Waals surface area contributed by atoms with Crippen LogP contribution in [0.5, 0.6) is 0 Å². The van der Waals surface area contributed by atoms with Crippen molar-refractivity contribution >= 4 is 25.0 Å². The molecule has 2 nitrogen and oxygen atoms in total. The van der Waals surface area contributed by atoms with Gasteiger partial charge < -0.3 is 9.59 Å². The number of halogens is 1. The maximum Gasteiger partial charge on any atom is 0.127 e. The highest BCUT2D eigenvalue weighted by Gasteiger charge is 1.65. The summed E-state index contributed by atoms with van der Waals surface area (Å²) in [4.78, 5) is 18.3. The van der Waals surface area contributed by atoms with Crippen LogP contribution in [0.1, 0.15) is 6.42 Å². The van der Waals surface area contributed by atoms with Crippen molar-refractivity contribution < 1.29 is 9.59 Å². The van der Waals surface area contributed by atoms with Crippen LogP contribution in [-0.2, 0) is 9.59 Å². The lowest BCUT2D eigenvalue weighted by atomic mass is 10.6. The van der Waals surface area contributed by atoms with E-state index in [2.05, 4.69) is 0 Å². The minimum atomic E-state index is 0. The predicted molar refractivity (Wildman–Crippen MR) is 24.0 cm³/mol. The first-order valence-electron chi connectivity index (χ1n) is 1.29. The third kappa shape index (κ3) is 9.45. The molecule has 0 saturated carbocycles. The lowest BCUT2D eigenvalue weighted by molar-refractivity contribution is -0.114. The first-order valence-corrected chi connectivity index (χ1v) is 1.29. The van der Waals surface area contributed by atoms with E-state index in [9.17, 15) is 9.59 Å². The van der Waals surface area contributed by atoms with Crippen LogP contribution in [0.4, 0.5) is 0 Å². The summed E-state index contributed by atoms with van der Waals surface area (Å²) in [5.41, 5.74) is 0. The third-order valence-electron chi connectivity index (χ3n) is 0.192. The molecule has 0 spiro atoms. The van der Waals surface area contributed by atoms with Crippen molar-refractivity contribution in [2.45, 2.75) is 6.42 Å². The van der Waals surface area contributed by atoms with Crippen molar-refractivity contribution in [1.82, 2.24) is 0 Å². The Labute approximate surface area is 41.9 Å². The van der Waals surface area contributed by atoms with Gasteiger partial charge in [-0.2, -0.15) is 0 Å². The van der Waals surface area contributed by atoms with Gasteiger partial charge in [-0.1, -0.05) is 0 Å². The highest BCUT2D eigenvalue weighted by molar-refractivity contribution is 5.85. The van der Waals surface area contributed by atoms with Crippen molar-refractivity contribution in [3.05, 3.63) is 0 Å². The van der Waals surface area contributed by atoms with E-state index in [1.54, 1.807) is 0 Å². The highest BCUT2D eigenvalue weighted by atomic mass is 35.5. The molecule has 0 aromatic rings. The summed E-state index contributed by atoms with van der Waals surface area (Å²) in [7, 11) is 0. The highest BCUT2D eigenvalue weighted by Crippen LogP contribution is 1.50. The van der Waals surface area contributed by atoms with Crippen molar-refractivity contribution in [2.24, 2.45) is 0 Å². The van der Waals surface area contributed by atoms with Gasteiger partial charge in [-0.05, 0) is 0 Å². The molecule has 0 N–H and O–H groups in total. The molecule has 0 aromatic heterocycles. The molecule has 0 aliphatic carbocycles. The molecule has 0 bridgehead atoms. The van der Waals surface area contributed by atoms with Gasteiger partial charge in [0.2, 0.25) is 0 Å². The van der Waals surface area contributed by atoms with Crippen LogP contribution in [0.15, 0.2) is 0 Å². The Hall–Kier alpha value is -0.370. The Morgan fingerprint density at radius 3 is 1.50 bits per heavy atom. The molecule has 0 unspecified atom stereocenters. The molecule has 0 heterocycles. The molecular weight excluding hydrogens is 103 g/mol. The second kappa shape index (κ2) is 8.82. The molecule has 6 heavy (non-hydrogen) atoms. The molecule has 0 aromatic carbocycles. The number of carbonyl (C=O) groups is 2. The Morgan fingerprint density at radius 1 is 1.17 bits per heavy atom. The van der Waals surface area contributed by atoms with Gasteiger partial charge in [-0.15, -0.1) is 12.4 Å². The molecule has 0 aliphatic heterocycles. The van der Waals surface area contributed by atoms with Crippen molar-refractivity contribution in [3.8, 4) is 0 Å². The zero-order chi connectivity index (χ0) is 4.12. The Bertz CT molecular complexity index is 38.1. The lowest BCUT2D eigenvalue weighted by Gasteiger charge is -1.53. The van der Waals surface area contributed by atoms with Gasteiger partial charge in [0.1, 0.15) is 12.6 Å². The fourth-order valence-electron chi connectivity index (χ4n) is 0.0393. The Balaban J connectivity index is 0. The molecule has 36 valence electrons. The number of aldehydes is 2. The van der Waals surface area contributed by atoms with Crippen molar-refractivity contribution in [2.75, 3.05) is 0 Å². The molecule has 0 amide bonds. The largest absolute Gasteiger partial charge is 0.303 e. The Kier molecular flexibility index (Phi) is 13.5. The van der Waals surface area contributed by atoms with Gasteiger partial charge in [-0.25, -0.2) is 0 Å². The quantitative estimate of drug-likeness (QED) is 0.374. The molecular formula is C3H5ClO2. The smallest absolute Gasteiger partial charge is 0.127 e. The first-order chi connectivity index (χ1) is 2.41. The summed E-state index contributed by atoms with van der Waals surface area (Å²) < 4.78 is 0. The van der Waals surface area contributed by atoms with E-state index in [-0.39, 0.29) is 18.8 Å².